The van der Waals surface area contributed by atoms with Crippen molar-refractivity contribution in [3.63, 3.8) is 0 Å². The van der Waals surface area contributed by atoms with Gasteiger partial charge in [0, 0.05) is 0 Å². The Morgan fingerprint density at radius 1 is 1.00 bits per heavy atom. The second kappa shape index (κ2) is 8.31. The Bertz CT molecular complexity index is 767. The summed E-state index contributed by atoms with van der Waals surface area (Å²) in [6.07, 6.45) is -0.197. The van der Waals surface area contributed by atoms with Crippen LogP contribution in [0.4, 0.5) is 0 Å². The van der Waals surface area contributed by atoms with Crippen LogP contribution >= 0.6 is 0 Å². The first-order valence-corrected chi connectivity index (χ1v) is 8.86. The third kappa shape index (κ3) is 3.85. The fourth-order valence-electron chi connectivity index (χ4n) is 3.27. The van der Waals surface area contributed by atoms with Crippen LogP contribution in [-0.4, -0.2) is 51.3 Å². The highest BCUT2D eigenvalue weighted by Crippen LogP contribution is 2.33. The Morgan fingerprint density at radius 3 is 2.19 bits per heavy atom. The number of morpholine rings is 1. The first-order chi connectivity index (χ1) is 13.1. The molecule has 27 heavy (non-hydrogen) atoms. The molecule has 0 radical (unpaired) electrons. The van der Waals surface area contributed by atoms with E-state index in [1.54, 1.807) is 39.5 Å². The SMILES string of the molecule is COc1ccc(C2CN(C(=O)c3c(OC)cccc3OC)C(C)CO2)cc1. The summed E-state index contributed by atoms with van der Waals surface area (Å²) in [5, 5.41) is 0. The molecule has 0 aliphatic carbocycles. The van der Waals surface area contributed by atoms with Crippen LogP contribution in [0, 0.1) is 0 Å². The summed E-state index contributed by atoms with van der Waals surface area (Å²) in [5.41, 5.74) is 1.44. The second-order valence-corrected chi connectivity index (χ2v) is 6.44. The van der Waals surface area contributed by atoms with Gasteiger partial charge in [-0.05, 0) is 36.8 Å². The molecule has 1 fully saturated rings. The van der Waals surface area contributed by atoms with E-state index in [0.29, 0.717) is 30.2 Å². The van der Waals surface area contributed by atoms with Crippen LogP contribution in [0.2, 0.25) is 0 Å². The van der Waals surface area contributed by atoms with Gasteiger partial charge in [-0.25, -0.2) is 0 Å². The number of carbonyl (C=O) groups is 1. The lowest BCUT2D eigenvalue weighted by Gasteiger charge is -2.38. The number of rotatable bonds is 5. The summed E-state index contributed by atoms with van der Waals surface area (Å²) in [4.78, 5) is 15.2. The van der Waals surface area contributed by atoms with Crippen LogP contribution in [0.1, 0.15) is 28.9 Å². The lowest BCUT2D eigenvalue weighted by molar-refractivity contribution is -0.0488. The molecule has 6 nitrogen and oxygen atoms in total. The molecule has 0 N–H and O–H groups in total. The minimum Gasteiger partial charge on any atom is -0.497 e. The summed E-state index contributed by atoms with van der Waals surface area (Å²) in [5.74, 6) is 1.66. The first kappa shape index (κ1) is 19.0. The van der Waals surface area contributed by atoms with Crippen molar-refractivity contribution >= 4 is 5.91 Å². The maximum absolute atomic E-state index is 13.3. The Hall–Kier alpha value is -2.73. The maximum atomic E-state index is 13.3. The smallest absolute Gasteiger partial charge is 0.261 e. The zero-order valence-corrected chi connectivity index (χ0v) is 16.1. The number of hydrogen-bond acceptors (Lipinski definition) is 5. The lowest BCUT2D eigenvalue weighted by Crippen LogP contribution is -2.48. The largest absolute Gasteiger partial charge is 0.497 e. The summed E-state index contributed by atoms with van der Waals surface area (Å²) < 4.78 is 22.0. The van der Waals surface area contributed by atoms with Gasteiger partial charge in [0.05, 0.1) is 40.5 Å². The quantitative estimate of drug-likeness (QED) is 0.807. The number of nitrogens with zero attached hydrogens (tertiary/aromatic N) is 1. The van der Waals surface area contributed by atoms with E-state index >= 15 is 0 Å². The maximum Gasteiger partial charge on any atom is 0.261 e. The minimum absolute atomic E-state index is 0.0541. The normalized spacial score (nSPS) is 19.5. The molecule has 6 heteroatoms. The van der Waals surface area contributed by atoms with E-state index in [1.165, 1.54) is 0 Å². The number of ether oxygens (including phenoxy) is 4. The summed E-state index contributed by atoms with van der Waals surface area (Å²) in [6, 6.07) is 13.0. The molecular weight excluding hydrogens is 346 g/mol. The summed E-state index contributed by atoms with van der Waals surface area (Å²) >= 11 is 0. The zero-order valence-electron chi connectivity index (χ0n) is 16.1. The van der Waals surface area contributed by atoms with Gasteiger partial charge in [0.1, 0.15) is 28.9 Å². The Labute approximate surface area is 159 Å². The highest BCUT2D eigenvalue weighted by Gasteiger charge is 2.33. The monoisotopic (exact) mass is 371 g/mol. The van der Waals surface area contributed by atoms with E-state index < -0.39 is 0 Å². The van der Waals surface area contributed by atoms with E-state index in [-0.39, 0.29) is 18.1 Å². The average molecular weight is 371 g/mol. The molecule has 1 amide bonds. The molecule has 2 unspecified atom stereocenters. The van der Waals surface area contributed by atoms with E-state index in [1.807, 2.05) is 36.1 Å². The van der Waals surface area contributed by atoms with Gasteiger partial charge in [-0.2, -0.15) is 0 Å². The molecule has 1 heterocycles. The molecule has 0 aromatic heterocycles. The minimum atomic E-state index is -0.197. The zero-order chi connectivity index (χ0) is 19.4. The molecular formula is C21H25NO5. The number of carbonyl (C=O) groups excluding carboxylic acids is 1. The molecule has 3 rings (SSSR count). The number of benzene rings is 2. The molecule has 0 spiro atoms. The standard InChI is InChI=1S/C21H25NO5/c1-14-13-27-19(15-8-10-16(24-2)11-9-15)12-22(14)21(23)20-17(25-3)6-5-7-18(20)26-4/h5-11,14,19H,12-13H2,1-4H3. The number of amides is 1. The molecule has 0 saturated carbocycles. The van der Waals surface area contributed by atoms with E-state index in [2.05, 4.69) is 0 Å². The number of hydrogen-bond donors (Lipinski definition) is 0. The predicted octanol–water partition coefficient (Wildman–Crippen LogP) is 3.31. The van der Waals surface area contributed by atoms with Gasteiger partial charge in [-0.15, -0.1) is 0 Å². The highest BCUT2D eigenvalue weighted by molar-refractivity contribution is 6.00. The Balaban J connectivity index is 1.87. The van der Waals surface area contributed by atoms with Crippen LogP contribution in [0.15, 0.2) is 42.5 Å². The van der Waals surface area contributed by atoms with E-state index in [4.69, 9.17) is 18.9 Å². The fraction of sp³-hybridized carbons (Fsp3) is 0.381. The molecule has 2 atom stereocenters. The van der Waals surface area contributed by atoms with Crippen molar-refractivity contribution in [2.24, 2.45) is 0 Å². The van der Waals surface area contributed by atoms with E-state index in [0.717, 1.165) is 11.3 Å². The highest BCUT2D eigenvalue weighted by atomic mass is 16.5. The number of methoxy groups -OCH3 is 3. The van der Waals surface area contributed by atoms with Crippen molar-refractivity contribution in [2.75, 3.05) is 34.5 Å². The van der Waals surface area contributed by atoms with Gasteiger partial charge in [0.15, 0.2) is 0 Å². The van der Waals surface area contributed by atoms with Crippen molar-refractivity contribution in [3.05, 3.63) is 53.6 Å². The van der Waals surface area contributed by atoms with Crippen molar-refractivity contribution in [1.82, 2.24) is 4.90 Å². The van der Waals surface area contributed by atoms with Gasteiger partial charge in [0.2, 0.25) is 0 Å². The van der Waals surface area contributed by atoms with Crippen molar-refractivity contribution in [1.29, 1.82) is 0 Å². The fourth-order valence-corrected chi connectivity index (χ4v) is 3.27. The van der Waals surface area contributed by atoms with Crippen LogP contribution in [0.5, 0.6) is 17.2 Å². The van der Waals surface area contributed by atoms with Crippen LogP contribution in [0.25, 0.3) is 0 Å². The first-order valence-electron chi connectivity index (χ1n) is 8.86. The second-order valence-electron chi connectivity index (χ2n) is 6.44. The molecule has 1 saturated heterocycles. The molecule has 1 aliphatic heterocycles. The van der Waals surface area contributed by atoms with E-state index in [9.17, 15) is 4.79 Å². The van der Waals surface area contributed by atoms with Gasteiger partial charge >= 0.3 is 0 Å². The Kier molecular flexibility index (Phi) is 5.86. The summed E-state index contributed by atoms with van der Waals surface area (Å²) in [7, 11) is 4.73. The third-order valence-corrected chi connectivity index (χ3v) is 4.82. The van der Waals surface area contributed by atoms with Gasteiger partial charge < -0.3 is 23.8 Å². The van der Waals surface area contributed by atoms with Crippen LogP contribution in [0.3, 0.4) is 0 Å². The van der Waals surface area contributed by atoms with Crippen molar-refractivity contribution in [3.8, 4) is 17.2 Å². The molecule has 2 aromatic rings. The molecule has 144 valence electrons. The van der Waals surface area contributed by atoms with Crippen molar-refractivity contribution in [2.45, 2.75) is 19.1 Å². The molecule has 1 aliphatic rings. The Morgan fingerprint density at radius 2 is 1.63 bits per heavy atom. The van der Waals surface area contributed by atoms with Crippen LogP contribution in [-0.2, 0) is 4.74 Å². The van der Waals surface area contributed by atoms with Crippen molar-refractivity contribution < 1.29 is 23.7 Å². The summed E-state index contributed by atoms with van der Waals surface area (Å²) in [6.45, 7) is 2.89. The third-order valence-electron chi connectivity index (χ3n) is 4.82. The topological polar surface area (TPSA) is 57.2 Å². The lowest BCUT2D eigenvalue weighted by atomic mass is 10.0. The van der Waals surface area contributed by atoms with Gasteiger partial charge in [-0.3, -0.25) is 4.79 Å². The van der Waals surface area contributed by atoms with Gasteiger partial charge in [-0.1, -0.05) is 18.2 Å². The molecule has 0 bridgehead atoms. The van der Waals surface area contributed by atoms with Gasteiger partial charge in [0.25, 0.3) is 5.91 Å². The van der Waals surface area contributed by atoms with Crippen LogP contribution < -0.4 is 14.2 Å². The molecule has 2 aromatic carbocycles. The average Bonchev–Trinajstić information content (AvgIpc) is 2.73. The predicted molar refractivity (Wildman–Crippen MR) is 102 cm³/mol.